The minimum Gasteiger partial charge on any atom is -0.370 e. The number of aliphatic imine (C=N–C) groups is 1. The summed E-state index contributed by atoms with van der Waals surface area (Å²) in [6.45, 7) is 5.04. The molecule has 0 spiro atoms. The number of thioether (sulfide) groups is 1. The summed E-state index contributed by atoms with van der Waals surface area (Å²) in [6, 6.07) is 8.89. The smallest absolute Gasteiger partial charge is 0.193 e. The molecular formula is C21H32N6S. The summed E-state index contributed by atoms with van der Waals surface area (Å²) in [5.41, 5.74) is 8.34. The molecule has 1 aliphatic rings. The third-order valence-corrected chi connectivity index (χ3v) is 5.92. The van der Waals surface area contributed by atoms with Gasteiger partial charge in [0.1, 0.15) is 5.82 Å². The van der Waals surface area contributed by atoms with Crippen molar-refractivity contribution in [2.45, 2.75) is 69.5 Å². The Kier molecular flexibility index (Phi) is 7.36. The first kappa shape index (κ1) is 20.7. The van der Waals surface area contributed by atoms with E-state index >= 15 is 0 Å². The van der Waals surface area contributed by atoms with Crippen molar-refractivity contribution in [2.24, 2.45) is 10.7 Å². The molecule has 0 atom stereocenters. The first-order chi connectivity index (χ1) is 13.6. The molecule has 0 saturated heterocycles. The zero-order valence-electron chi connectivity index (χ0n) is 17.2. The zero-order valence-corrected chi connectivity index (χ0v) is 18.0. The largest absolute Gasteiger partial charge is 0.370 e. The van der Waals surface area contributed by atoms with Gasteiger partial charge in [-0.15, -0.1) is 10.2 Å². The summed E-state index contributed by atoms with van der Waals surface area (Å²) in [4.78, 5) is 4.48. The molecule has 1 fully saturated rings. The highest BCUT2D eigenvalue weighted by Crippen LogP contribution is 2.33. The van der Waals surface area contributed by atoms with E-state index in [2.05, 4.69) is 57.3 Å². The summed E-state index contributed by atoms with van der Waals surface area (Å²) in [6.07, 6.45) is 8.95. The van der Waals surface area contributed by atoms with Crippen LogP contribution in [-0.4, -0.2) is 33.5 Å². The number of aryl methyl sites for hydroxylation is 1. The molecule has 1 aromatic heterocycles. The monoisotopic (exact) mass is 400 g/mol. The van der Waals surface area contributed by atoms with Crippen molar-refractivity contribution < 1.29 is 0 Å². The van der Waals surface area contributed by atoms with Crippen LogP contribution in [0.1, 0.15) is 69.3 Å². The Bertz CT molecular complexity index is 792. The van der Waals surface area contributed by atoms with Crippen molar-refractivity contribution in [3.63, 3.8) is 0 Å². The lowest BCUT2D eigenvalue weighted by Crippen LogP contribution is -2.23. The van der Waals surface area contributed by atoms with Gasteiger partial charge in [-0.3, -0.25) is 4.99 Å². The van der Waals surface area contributed by atoms with Crippen LogP contribution >= 0.6 is 11.8 Å². The minimum absolute atomic E-state index is 0.461. The van der Waals surface area contributed by atoms with Gasteiger partial charge in [0.25, 0.3) is 0 Å². The maximum absolute atomic E-state index is 6.07. The Hall–Kier alpha value is -2.02. The van der Waals surface area contributed by atoms with Crippen LogP contribution in [0.2, 0.25) is 0 Å². The van der Waals surface area contributed by atoms with Gasteiger partial charge in [0.2, 0.25) is 0 Å². The van der Waals surface area contributed by atoms with Gasteiger partial charge >= 0.3 is 0 Å². The molecule has 1 saturated carbocycles. The maximum Gasteiger partial charge on any atom is 0.193 e. The van der Waals surface area contributed by atoms with E-state index in [1.165, 1.54) is 31.2 Å². The number of rotatable bonds is 8. The number of benzene rings is 1. The molecule has 2 aromatic rings. The Morgan fingerprint density at radius 1 is 1.32 bits per heavy atom. The molecule has 7 heteroatoms. The third-order valence-electron chi connectivity index (χ3n) is 5.27. The second-order valence-corrected chi connectivity index (χ2v) is 8.46. The lowest BCUT2D eigenvalue weighted by Gasteiger charge is -2.16. The quantitative estimate of drug-likeness (QED) is 0.293. The lowest BCUT2D eigenvalue weighted by molar-refractivity contribution is 0.461. The third kappa shape index (κ3) is 5.28. The van der Waals surface area contributed by atoms with Gasteiger partial charge in [-0.1, -0.05) is 50.6 Å². The molecule has 1 heterocycles. The van der Waals surface area contributed by atoms with Gasteiger partial charge in [0.05, 0.1) is 0 Å². The van der Waals surface area contributed by atoms with E-state index in [0.717, 1.165) is 29.5 Å². The highest BCUT2D eigenvalue weighted by Gasteiger charge is 2.23. The van der Waals surface area contributed by atoms with Crippen LogP contribution in [0.4, 0.5) is 5.69 Å². The van der Waals surface area contributed by atoms with Gasteiger partial charge in [-0.2, -0.15) is 0 Å². The van der Waals surface area contributed by atoms with Gasteiger partial charge in [-0.05, 0) is 49.1 Å². The van der Waals surface area contributed by atoms with Gasteiger partial charge in [0, 0.05) is 24.7 Å². The maximum atomic E-state index is 6.07. The summed E-state index contributed by atoms with van der Waals surface area (Å²) < 4.78 is 2.36. The fourth-order valence-corrected chi connectivity index (χ4v) is 4.32. The van der Waals surface area contributed by atoms with E-state index in [-0.39, 0.29) is 0 Å². The van der Waals surface area contributed by atoms with E-state index in [1.54, 1.807) is 11.8 Å². The molecule has 28 heavy (non-hydrogen) atoms. The summed E-state index contributed by atoms with van der Waals surface area (Å²) in [5, 5.41) is 13.0. The first-order valence-electron chi connectivity index (χ1n) is 10.2. The number of hydrogen-bond donors (Lipinski definition) is 2. The molecule has 0 bridgehead atoms. The normalized spacial score (nSPS) is 15.5. The van der Waals surface area contributed by atoms with Crippen molar-refractivity contribution >= 4 is 23.4 Å². The molecule has 1 aliphatic carbocycles. The molecule has 0 aliphatic heterocycles. The minimum atomic E-state index is 0.461. The number of guanidine groups is 1. The number of anilines is 1. The van der Waals surface area contributed by atoms with Crippen LogP contribution in [0.15, 0.2) is 34.4 Å². The van der Waals surface area contributed by atoms with Crippen LogP contribution in [0.25, 0.3) is 0 Å². The average molecular weight is 401 g/mol. The molecule has 6 nitrogen and oxygen atoms in total. The van der Waals surface area contributed by atoms with E-state index in [4.69, 9.17) is 5.73 Å². The van der Waals surface area contributed by atoms with Crippen LogP contribution in [0.5, 0.6) is 0 Å². The number of aromatic nitrogens is 3. The standard InChI is InChI=1S/C21H32N6S/c1-15(2)16-8-6-9-17(14-16)24-20(22)23-13-7-12-19-25-26-21(28-3)27(19)18-10-4-5-11-18/h6,8-9,14-15,18H,4-5,7,10-13H2,1-3H3,(H3,22,23,24). The SMILES string of the molecule is CSc1nnc(CCCN=C(N)Nc2cccc(C(C)C)c2)n1C1CCCC1. The Morgan fingerprint density at radius 3 is 2.82 bits per heavy atom. The fourth-order valence-electron chi connectivity index (χ4n) is 3.75. The van der Waals surface area contributed by atoms with E-state index in [0.29, 0.717) is 24.5 Å². The molecule has 0 unspecified atom stereocenters. The number of nitrogens with one attached hydrogen (secondary N) is 1. The summed E-state index contributed by atoms with van der Waals surface area (Å²) in [5.74, 6) is 2.04. The van der Waals surface area contributed by atoms with Gasteiger partial charge in [-0.25, -0.2) is 0 Å². The van der Waals surface area contributed by atoms with Crippen molar-refractivity contribution in [3.8, 4) is 0 Å². The molecule has 0 amide bonds. The fraction of sp³-hybridized carbons (Fsp3) is 0.571. The number of hydrogen-bond acceptors (Lipinski definition) is 4. The molecule has 152 valence electrons. The topological polar surface area (TPSA) is 81.1 Å². The van der Waals surface area contributed by atoms with Crippen molar-refractivity contribution in [3.05, 3.63) is 35.7 Å². The van der Waals surface area contributed by atoms with Gasteiger partial charge < -0.3 is 15.6 Å². The van der Waals surface area contributed by atoms with Crippen LogP contribution in [0.3, 0.4) is 0 Å². The first-order valence-corrected chi connectivity index (χ1v) is 11.5. The molecule has 1 aromatic carbocycles. The second kappa shape index (κ2) is 9.96. The average Bonchev–Trinajstić information content (AvgIpc) is 3.34. The predicted molar refractivity (Wildman–Crippen MR) is 118 cm³/mol. The van der Waals surface area contributed by atoms with Gasteiger partial charge in [0.15, 0.2) is 11.1 Å². The van der Waals surface area contributed by atoms with E-state index < -0.39 is 0 Å². The van der Waals surface area contributed by atoms with Crippen LogP contribution < -0.4 is 11.1 Å². The van der Waals surface area contributed by atoms with E-state index in [1.807, 2.05) is 12.1 Å². The molecule has 0 radical (unpaired) electrons. The molecule has 3 rings (SSSR count). The van der Waals surface area contributed by atoms with E-state index in [9.17, 15) is 0 Å². The van der Waals surface area contributed by atoms with Crippen LogP contribution in [0, 0.1) is 0 Å². The number of nitrogens with two attached hydrogens (primary N) is 1. The second-order valence-electron chi connectivity index (χ2n) is 7.69. The molecular weight excluding hydrogens is 368 g/mol. The van der Waals surface area contributed by atoms with Crippen molar-refractivity contribution in [1.29, 1.82) is 0 Å². The predicted octanol–water partition coefficient (Wildman–Crippen LogP) is 4.60. The van der Waals surface area contributed by atoms with Crippen LogP contribution in [-0.2, 0) is 6.42 Å². The highest BCUT2D eigenvalue weighted by molar-refractivity contribution is 7.98. The summed E-state index contributed by atoms with van der Waals surface area (Å²) in [7, 11) is 0. The highest BCUT2D eigenvalue weighted by atomic mass is 32.2. The summed E-state index contributed by atoms with van der Waals surface area (Å²) >= 11 is 1.68. The Labute approximate surface area is 172 Å². The lowest BCUT2D eigenvalue weighted by atomic mass is 10.0. The Morgan fingerprint density at radius 2 is 2.11 bits per heavy atom. The molecule has 3 N–H and O–H groups in total. The van der Waals surface area contributed by atoms with Crippen molar-refractivity contribution in [2.75, 3.05) is 18.1 Å². The number of nitrogens with zero attached hydrogens (tertiary/aromatic N) is 4. The Balaban J connectivity index is 1.54. The van der Waals surface area contributed by atoms with Crippen molar-refractivity contribution in [1.82, 2.24) is 14.8 Å². The zero-order chi connectivity index (χ0) is 19.9.